The molecule has 2 fully saturated rings. The Kier molecular flexibility index (Phi) is 10.4. The fourth-order valence-electron chi connectivity index (χ4n) is 4.79. The molecule has 23 heavy (non-hydrogen) atoms. The fraction of sp³-hybridized carbons (Fsp3) is 1.00. The Morgan fingerprint density at radius 1 is 0.304 bits per heavy atom. The number of hydrogen-bond donors (Lipinski definition) is 0. The largest absolute Gasteiger partial charge is 0.0750 e. The van der Waals surface area contributed by atoms with Crippen LogP contribution in [0.5, 0.6) is 0 Å². The highest BCUT2D eigenvalue weighted by molar-refractivity contribution is 6.31. The second-order valence-electron chi connectivity index (χ2n) is 9.30. The van der Waals surface area contributed by atoms with E-state index in [0.717, 1.165) is 59.2 Å². The van der Waals surface area contributed by atoms with Crippen LogP contribution in [0.15, 0.2) is 0 Å². The summed E-state index contributed by atoms with van der Waals surface area (Å²) in [5.41, 5.74) is 0. The van der Waals surface area contributed by atoms with Crippen LogP contribution >= 0.6 is 0 Å². The van der Waals surface area contributed by atoms with E-state index in [0.29, 0.717) is 9.52 Å². The van der Waals surface area contributed by atoms with E-state index < -0.39 is 0 Å². The van der Waals surface area contributed by atoms with E-state index in [2.05, 4.69) is 82.3 Å². The van der Waals surface area contributed by atoms with Gasteiger partial charge in [0, 0.05) is 9.52 Å². The predicted octanol–water partition coefficient (Wildman–Crippen LogP) is 6.61. The average Bonchev–Trinajstić information content (AvgIpc) is 2.80. The zero-order valence-electron chi connectivity index (χ0n) is 18.5. The highest BCUT2D eigenvalue weighted by Crippen LogP contribution is 2.45. The Balaban J connectivity index is 0.000000360. The molecule has 0 bridgehead atoms. The van der Waals surface area contributed by atoms with Crippen molar-refractivity contribution in [3.05, 3.63) is 0 Å². The van der Waals surface area contributed by atoms with Crippen molar-refractivity contribution in [2.24, 2.45) is 59.2 Å². The summed E-state index contributed by atoms with van der Waals surface area (Å²) < 4.78 is 0. The molecule has 0 spiro atoms. The monoisotopic (exact) mass is 340 g/mol. The van der Waals surface area contributed by atoms with Crippen molar-refractivity contribution in [2.75, 3.05) is 0 Å². The molecule has 2 aliphatic carbocycles. The van der Waals surface area contributed by atoms with Gasteiger partial charge in [-0.2, -0.15) is 0 Å². The van der Waals surface area contributed by atoms with Crippen molar-refractivity contribution in [1.82, 2.24) is 0 Å². The van der Waals surface area contributed by atoms with E-state index >= 15 is 0 Å². The lowest BCUT2D eigenvalue weighted by molar-refractivity contribution is 0.352. The molecule has 0 saturated heterocycles. The maximum absolute atomic E-state index is 2.40. The van der Waals surface area contributed by atoms with Crippen LogP contribution in [-0.2, 0) is 0 Å². The third kappa shape index (κ3) is 5.61. The van der Waals surface area contributed by atoms with Crippen LogP contribution < -0.4 is 0 Å². The lowest BCUT2D eigenvalue weighted by Crippen LogP contribution is -2.07. The van der Waals surface area contributed by atoms with E-state index in [9.17, 15) is 0 Å². The molecule has 0 aromatic heterocycles. The first kappa shape index (κ1) is 23.2. The molecule has 0 aromatic rings. The van der Waals surface area contributed by atoms with Gasteiger partial charge in [-0.05, 0) is 59.2 Å². The summed E-state index contributed by atoms with van der Waals surface area (Å²) in [4.78, 5) is 0. The van der Waals surface area contributed by atoms with Gasteiger partial charge in [-0.3, -0.25) is 0 Å². The van der Waals surface area contributed by atoms with E-state index in [1.165, 1.54) is 0 Å². The van der Waals surface area contributed by atoms with Crippen LogP contribution in [0.4, 0.5) is 0 Å². The summed E-state index contributed by atoms with van der Waals surface area (Å²) in [6.45, 7) is 28.5. The molecule has 140 valence electrons. The van der Waals surface area contributed by atoms with Gasteiger partial charge in [-0.15, -0.1) is 0 Å². The third-order valence-corrected chi connectivity index (χ3v) is 8.29. The van der Waals surface area contributed by atoms with Gasteiger partial charge < -0.3 is 0 Å². The highest BCUT2D eigenvalue weighted by Gasteiger charge is 2.39. The predicted molar refractivity (Wildman–Crippen MR) is 112 cm³/mol. The van der Waals surface area contributed by atoms with E-state index in [4.69, 9.17) is 0 Å². The first-order valence-electron chi connectivity index (χ1n) is 10.5. The Hall–Kier alpha value is 0.217. The zero-order valence-corrected chi connectivity index (χ0v) is 19.9. The SMILES string of the molecule is CC1C(C)C(C)C(C)C1C.CC1C(C)C(C)C(C)C1C.C[SiH2]C. The first-order valence-corrected chi connectivity index (χ1v) is 13.3. The summed E-state index contributed by atoms with van der Waals surface area (Å²) in [7, 11) is 0.417. The van der Waals surface area contributed by atoms with E-state index in [-0.39, 0.29) is 0 Å². The summed E-state index contributed by atoms with van der Waals surface area (Å²) in [6.07, 6.45) is 0. The molecule has 2 saturated carbocycles. The first-order chi connectivity index (χ1) is 10.5. The van der Waals surface area contributed by atoms with Crippen molar-refractivity contribution in [3.63, 3.8) is 0 Å². The molecule has 0 unspecified atom stereocenters. The Morgan fingerprint density at radius 2 is 0.348 bits per heavy atom. The number of hydrogen-bond acceptors (Lipinski definition) is 0. The lowest BCUT2D eigenvalue weighted by atomic mass is 9.92. The third-order valence-electron chi connectivity index (χ3n) is 8.29. The molecular weight excluding hydrogens is 292 g/mol. The van der Waals surface area contributed by atoms with Gasteiger partial charge in [0.25, 0.3) is 0 Å². The quantitative estimate of drug-likeness (QED) is 0.435. The molecule has 0 N–H and O–H groups in total. The Morgan fingerprint density at radius 3 is 0.391 bits per heavy atom. The smallest absolute Gasteiger partial charge is 0.0135 e. The Labute approximate surface area is 151 Å². The zero-order chi connectivity index (χ0) is 18.5. The lowest BCUT2D eigenvalue weighted by Gasteiger charge is -2.14. The molecule has 2 aliphatic rings. The fourth-order valence-corrected chi connectivity index (χ4v) is 4.79. The van der Waals surface area contributed by atoms with Crippen LogP contribution in [0.3, 0.4) is 0 Å². The maximum Gasteiger partial charge on any atom is 0.0135 e. The molecule has 1 heteroatoms. The molecule has 0 heterocycles. The van der Waals surface area contributed by atoms with Gasteiger partial charge in [-0.25, -0.2) is 0 Å². The highest BCUT2D eigenvalue weighted by atomic mass is 28.2. The van der Waals surface area contributed by atoms with Crippen molar-refractivity contribution in [2.45, 2.75) is 82.3 Å². The molecule has 0 aromatic carbocycles. The van der Waals surface area contributed by atoms with Gasteiger partial charge in [0.1, 0.15) is 0 Å². The molecule has 2 rings (SSSR count). The summed E-state index contributed by atoms with van der Waals surface area (Å²) in [5, 5.41) is 0. The molecule has 0 atom stereocenters. The van der Waals surface area contributed by atoms with Crippen molar-refractivity contribution < 1.29 is 0 Å². The summed E-state index contributed by atoms with van der Waals surface area (Å²) >= 11 is 0. The standard InChI is InChI=1S/2C10H20.C2H8Si/c2*1-6-7(2)9(4)10(5)8(6)3;1-3-2/h2*6-10H,1-5H3;3H2,1-2H3. The second-order valence-corrected chi connectivity index (χ2v) is 10.7. The number of rotatable bonds is 0. The van der Waals surface area contributed by atoms with Crippen molar-refractivity contribution in [3.8, 4) is 0 Å². The molecule has 0 aliphatic heterocycles. The maximum atomic E-state index is 2.40. The second kappa shape index (κ2) is 10.3. The minimum Gasteiger partial charge on any atom is -0.0750 e. The molecular formula is C22H48Si. The molecule has 0 radical (unpaired) electrons. The summed E-state index contributed by atoms with van der Waals surface area (Å²) in [6, 6.07) is 0. The van der Waals surface area contributed by atoms with Crippen molar-refractivity contribution >= 4 is 9.52 Å². The van der Waals surface area contributed by atoms with Gasteiger partial charge in [0.2, 0.25) is 0 Å². The molecule has 0 amide bonds. The van der Waals surface area contributed by atoms with Gasteiger partial charge in [0.15, 0.2) is 0 Å². The van der Waals surface area contributed by atoms with Crippen LogP contribution in [-0.4, -0.2) is 9.52 Å². The topological polar surface area (TPSA) is 0 Å². The van der Waals surface area contributed by atoms with Crippen LogP contribution in [0.1, 0.15) is 69.2 Å². The summed E-state index contributed by atoms with van der Waals surface area (Å²) in [5.74, 6) is 9.35. The Bertz CT molecular complexity index is 193. The minimum atomic E-state index is 0.417. The van der Waals surface area contributed by atoms with Gasteiger partial charge in [0.05, 0.1) is 0 Å². The minimum absolute atomic E-state index is 0.417. The van der Waals surface area contributed by atoms with Gasteiger partial charge in [-0.1, -0.05) is 82.3 Å². The van der Waals surface area contributed by atoms with Gasteiger partial charge >= 0.3 is 0 Å². The van der Waals surface area contributed by atoms with E-state index in [1.54, 1.807) is 0 Å². The van der Waals surface area contributed by atoms with Crippen LogP contribution in [0, 0.1) is 59.2 Å². The van der Waals surface area contributed by atoms with Crippen molar-refractivity contribution in [1.29, 1.82) is 0 Å². The van der Waals surface area contributed by atoms with Crippen LogP contribution in [0.2, 0.25) is 13.1 Å². The normalized spacial score (nSPS) is 49.0. The molecule has 0 nitrogen and oxygen atoms in total. The van der Waals surface area contributed by atoms with Crippen LogP contribution in [0.25, 0.3) is 0 Å². The van der Waals surface area contributed by atoms with E-state index in [1.807, 2.05) is 0 Å². The average molecular weight is 341 g/mol.